The maximum absolute atomic E-state index is 4.18. The van der Waals surface area contributed by atoms with Gasteiger partial charge in [0.1, 0.15) is 6.33 Å². The molecule has 0 aliphatic carbocycles. The zero-order chi connectivity index (χ0) is 11.5. The minimum Gasteiger partial charge on any atom is -0.314 e. The molecule has 0 aliphatic heterocycles. The van der Waals surface area contributed by atoms with Crippen LogP contribution in [0.5, 0.6) is 0 Å². The van der Waals surface area contributed by atoms with Crippen LogP contribution in [0.15, 0.2) is 29.0 Å². The summed E-state index contributed by atoms with van der Waals surface area (Å²) in [6, 6.07) is 6.26. The van der Waals surface area contributed by atoms with Gasteiger partial charge in [0.15, 0.2) is 5.82 Å². The highest BCUT2D eigenvalue weighted by molar-refractivity contribution is 9.10. The normalized spacial score (nSPS) is 10.7. The number of rotatable bonds is 3. The SMILES string of the molecule is CCCn1cnnc1-c1ccc(C)cc1Br. The van der Waals surface area contributed by atoms with Gasteiger partial charge in [0, 0.05) is 16.6 Å². The van der Waals surface area contributed by atoms with Gasteiger partial charge in [-0.3, -0.25) is 0 Å². The molecule has 0 saturated heterocycles. The fourth-order valence-electron chi connectivity index (χ4n) is 1.67. The van der Waals surface area contributed by atoms with Crippen LogP contribution in [0.4, 0.5) is 0 Å². The number of hydrogen-bond donors (Lipinski definition) is 0. The number of aromatic nitrogens is 3. The van der Waals surface area contributed by atoms with E-state index >= 15 is 0 Å². The van der Waals surface area contributed by atoms with Crippen LogP contribution in [-0.4, -0.2) is 14.8 Å². The quantitative estimate of drug-likeness (QED) is 0.862. The average Bonchev–Trinajstić information content (AvgIpc) is 2.67. The number of benzene rings is 1. The fraction of sp³-hybridized carbons (Fsp3) is 0.333. The third kappa shape index (κ3) is 2.16. The molecule has 16 heavy (non-hydrogen) atoms. The third-order valence-electron chi connectivity index (χ3n) is 2.45. The second kappa shape index (κ2) is 4.78. The van der Waals surface area contributed by atoms with E-state index in [1.54, 1.807) is 6.33 Å². The minimum atomic E-state index is 0.925. The molecule has 3 nitrogen and oxygen atoms in total. The van der Waals surface area contributed by atoms with E-state index in [1.165, 1.54) is 5.56 Å². The van der Waals surface area contributed by atoms with Crippen LogP contribution in [0.25, 0.3) is 11.4 Å². The van der Waals surface area contributed by atoms with Crippen molar-refractivity contribution in [3.05, 3.63) is 34.6 Å². The van der Waals surface area contributed by atoms with Crippen LogP contribution >= 0.6 is 15.9 Å². The minimum absolute atomic E-state index is 0.925. The lowest BCUT2D eigenvalue weighted by Gasteiger charge is -2.07. The lowest BCUT2D eigenvalue weighted by Crippen LogP contribution is -1.98. The maximum atomic E-state index is 4.18. The average molecular weight is 280 g/mol. The summed E-state index contributed by atoms with van der Waals surface area (Å²) in [7, 11) is 0. The van der Waals surface area contributed by atoms with Gasteiger partial charge in [-0.15, -0.1) is 10.2 Å². The molecule has 1 aromatic carbocycles. The Hall–Kier alpha value is -1.16. The van der Waals surface area contributed by atoms with Crippen molar-refractivity contribution in [2.45, 2.75) is 26.8 Å². The molecule has 0 saturated carbocycles. The van der Waals surface area contributed by atoms with Crippen molar-refractivity contribution in [2.75, 3.05) is 0 Å². The number of nitrogens with zero attached hydrogens (tertiary/aromatic N) is 3. The molecule has 0 N–H and O–H groups in total. The standard InChI is InChI=1S/C12H14BrN3/c1-3-6-16-8-14-15-12(16)10-5-4-9(2)7-11(10)13/h4-5,7-8H,3,6H2,1-2H3. The summed E-state index contributed by atoms with van der Waals surface area (Å²) in [6.45, 7) is 5.17. The molecule has 0 spiro atoms. The summed E-state index contributed by atoms with van der Waals surface area (Å²) in [5, 5.41) is 8.15. The highest BCUT2D eigenvalue weighted by Crippen LogP contribution is 2.27. The van der Waals surface area contributed by atoms with Gasteiger partial charge in [-0.25, -0.2) is 0 Å². The topological polar surface area (TPSA) is 30.7 Å². The van der Waals surface area contributed by atoms with Gasteiger partial charge < -0.3 is 4.57 Å². The van der Waals surface area contributed by atoms with Crippen LogP contribution in [0.1, 0.15) is 18.9 Å². The lowest BCUT2D eigenvalue weighted by atomic mass is 10.1. The summed E-state index contributed by atoms with van der Waals surface area (Å²) < 4.78 is 3.15. The zero-order valence-electron chi connectivity index (χ0n) is 9.44. The van der Waals surface area contributed by atoms with Crippen molar-refractivity contribution >= 4 is 15.9 Å². The second-order valence-corrected chi connectivity index (χ2v) is 4.69. The molecular weight excluding hydrogens is 266 g/mol. The summed E-state index contributed by atoms with van der Waals surface area (Å²) in [5.41, 5.74) is 2.33. The smallest absolute Gasteiger partial charge is 0.164 e. The van der Waals surface area contributed by atoms with Crippen molar-refractivity contribution in [1.29, 1.82) is 0 Å². The van der Waals surface area contributed by atoms with E-state index in [0.29, 0.717) is 0 Å². The van der Waals surface area contributed by atoms with E-state index in [2.05, 4.69) is 62.7 Å². The van der Waals surface area contributed by atoms with E-state index in [-0.39, 0.29) is 0 Å². The molecule has 0 amide bonds. The Morgan fingerprint density at radius 1 is 1.38 bits per heavy atom. The van der Waals surface area contributed by atoms with Gasteiger partial charge in [0.2, 0.25) is 0 Å². The molecule has 1 heterocycles. The van der Waals surface area contributed by atoms with Crippen LogP contribution in [-0.2, 0) is 6.54 Å². The maximum Gasteiger partial charge on any atom is 0.164 e. The molecule has 2 aromatic rings. The van der Waals surface area contributed by atoms with Crippen LogP contribution < -0.4 is 0 Å². The molecule has 0 unspecified atom stereocenters. The van der Waals surface area contributed by atoms with Crippen molar-refractivity contribution in [1.82, 2.24) is 14.8 Å². The van der Waals surface area contributed by atoms with E-state index in [4.69, 9.17) is 0 Å². The number of aryl methyl sites for hydroxylation is 2. The highest BCUT2D eigenvalue weighted by Gasteiger charge is 2.09. The first-order valence-electron chi connectivity index (χ1n) is 5.36. The predicted octanol–water partition coefficient (Wildman–Crippen LogP) is 3.43. The fourth-order valence-corrected chi connectivity index (χ4v) is 2.34. The molecule has 0 bridgehead atoms. The third-order valence-corrected chi connectivity index (χ3v) is 3.10. The Balaban J connectivity index is 2.46. The van der Waals surface area contributed by atoms with Crippen molar-refractivity contribution in [3.8, 4) is 11.4 Å². The zero-order valence-corrected chi connectivity index (χ0v) is 11.0. The summed E-state index contributed by atoms with van der Waals surface area (Å²) in [4.78, 5) is 0. The number of hydrogen-bond acceptors (Lipinski definition) is 2. The first-order chi connectivity index (χ1) is 7.72. The molecule has 1 aromatic heterocycles. The van der Waals surface area contributed by atoms with E-state index in [1.807, 2.05) is 0 Å². The molecule has 4 heteroatoms. The predicted molar refractivity (Wildman–Crippen MR) is 68.2 cm³/mol. The van der Waals surface area contributed by atoms with Gasteiger partial charge >= 0.3 is 0 Å². The molecule has 0 radical (unpaired) electrons. The van der Waals surface area contributed by atoms with E-state index in [9.17, 15) is 0 Å². The van der Waals surface area contributed by atoms with E-state index in [0.717, 1.165) is 28.8 Å². The van der Waals surface area contributed by atoms with Crippen molar-refractivity contribution in [3.63, 3.8) is 0 Å². The monoisotopic (exact) mass is 279 g/mol. The molecule has 0 fully saturated rings. The Morgan fingerprint density at radius 3 is 2.88 bits per heavy atom. The molecule has 0 aliphatic rings. The van der Waals surface area contributed by atoms with Crippen LogP contribution in [0, 0.1) is 6.92 Å². The van der Waals surface area contributed by atoms with Crippen LogP contribution in [0.3, 0.4) is 0 Å². The first kappa shape index (κ1) is 11.3. The number of halogens is 1. The first-order valence-corrected chi connectivity index (χ1v) is 6.16. The van der Waals surface area contributed by atoms with Crippen molar-refractivity contribution in [2.24, 2.45) is 0 Å². The summed E-state index contributed by atoms with van der Waals surface area (Å²) >= 11 is 3.57. The largest absolute Gasteiger partial charge is 0.314 e. The lowest BCUT2D eigenvalue weighted by molar-refractivity contribution is 0.682. The van der Waals surface area contributed by atoms with Gasteiger partial charge in [-0.05, 0) is 31.0 Å². The summed E-state index contributed by atoms with van der Waals surface area (Å²) in [6.07, 6.45) is 2.86. The van der Waals surface area contributed by atoms with Gasteiger partial charge in [0.05, 0.1) is 0 Å². The highest BCUT2D eigenvalue weighted by atomic mass is 79.9. The molecule has 2 rings (SSSR count). The molecule has 0 atom stereocenters. The Bertz CT molecular complexity index is 491. The second-order valence-electron chi connectivity index (χ2n) is 3.83. The van der Waals surface area contributed by atoms with Gasteiger partial charge in [-0.2, -0.15) is 0 Å². The van der Waals surface area contributed by atoms with Gasteiger partial charge in [0.25, 0.3) is 0 Å². The Morgan fingerprint density at radius 2 is 2.19 bits per heavy atom. The Labute approximate surface area is 104 Å². The van der Waals surface area contributed by atoms with Crippen LogP contribution in [0.2, 0.25) is 0 Å². The molecule has 84 valence electrons. The van der Waals surface area contributed by atoms with Gasteiger partial charge in [-0.1, -0.05) is 28.9 Å². The van der Waals surface area contributed by atoms with E-state index < -0.39 is 0 Å². The molecular formula is C12H14BrN3. The Kier molecular flexibility index (Phi) is 3.39. The van der Waals surface area contributed by atoms with Crippen molar-refractivity contribution < 1.29 is 0 Å². The summed E-state index contributed by atoms with van der Waals surface area (Å²) in [5.74, 6) is 0.925.